The average Bonchev–Trinajstić information content (AvgIpc) is 2.02. The van der Waals surface area contributed by atoms with Gasteiger partial charge >= 0.3 is 0 Å². The molecule has 0 fully saturated rings. The quantitative estimate of drug-likeness (QED) is 0.668. The van der Waals surface area contributed by atoms with Crippen LogP contribution in [-0.2, 0) is 0 Å². The van der Waals surface area contributed by atoms with Crippen LogP contribution in [0.25, 0.3) is 0 Å². The second kappa shape index (κ2) is 6.39. The molecule has 13 heavy (non-hydrogen) atoms. The molecule has 0 aliphatic carbocycles. The first-order valence-corrected chi connectivity index (χ1v) is 5.24. The molecule has 80 valence electrons. The standard InChI is InChI=1S/C11H24O2/c1-8(2)5-10(6-12)11(7-13)9(3)4/h8-13H,5-7H2,1-4H3. The van der Waals surface area contributed by atoms with E-state index in [-0.39, 0.29) is 25.0 Å². The highest BCUT2D eigenvalue weighted by molar-refractivity contribution is 4.72. The third-order valence-corrected chi connectivity index (χ3v) is 2.68. The number of aliphatic hydroxyl groups is 2. The van der Waals surface area contributed by atoms with E-state index in [1.165, 1.54) is 0 Å². The molecule has 0 radical (unpaired) electrons. The smallest absolute Gasteiger partial charge is 0.0465 e. The van der Waals surface area contributed by atoms with E-state index in [0.717, 1.165) is 6.42 Å². The Bertz CT molecular complexity index is 121. The molecular formula is C11H24O2. The van der Waals surface area contributed by atoms with E-state index in [9.17, 15) is 10.2 Å². The van der Waals surface area contributed by atoms with E-state index >= 15 is 0 Å². The lowest BCUT2D eigenvalue weighted by molar-refractivity contribution is 0.0775. The zero-order chi connectivity index (χ0) is 10.4. The molecule has 2 nitrogen and oxygen atoms in total. The molecule has 0 aliphatic rings. The summed E-state index contributed by atoms with van der Waals surface area (Å²) in [5, 5.41) is 18.4. The second-order valence-electron chi connectivity index (χ2n) is 4.66. The lowest BCUT2D eigenvalue weighted by Gasteiger charge is -2.28. The second-order valence-corrected chi connectivity index (χ2v) is 4.66. The lowest BCUT2D eigenvalue weighted by atomic mass is 9.80. The summed E-state index contributed by atoms with van der Waals surface area (Å²) in [7, 11) is 0. The van der Waals surface area contributed by atoms with Gasteiger partial charge in [0.1, 0.15) is 0 Å². The summed E-state index contributed by atoms with van der Waals surface area (Å²) in [6.07, 6.45) is 1.000. The molecule has 0 aromatic carbocycles. The molecule has 0 amide bonds. The van der Waals surface area contributed by atoms with Crippen molar-refractivity contribution in [2.75, 3.05) is 13.2 Å². The van der Waals surface area contributed by atoms with Gasteiger partial charge in [-0.1, -0.05) is 27.7 Å². The van der Waals surface area contributed by atoms with Crippen LogP contribution >= 0.6 is 0 Å². The summed E-state index contributed by atoms with van der Waals surface area (Å²) >= 11 is 0. The van der Waals surface area contributed by atoms with Crippen LogP contribution in [0.5, 0.6) is 0 Å². The van der Waals surface area contributed by atoms with Crippen LogP contribution in [0.4, 0.5) is 0 Å². The molecule has 0 saturated carbocycles. The first-order valence-electron chi connectivity index (χ1n) is 5.24. The Labute approximate surface area is 82.0 Å². The molecule has 0 heterocycles. The number of hydrogen-bond acceptors (Lipinski definition) is 2. The molecule has 0 bridgehead atoms. The van der Waals surface area contributed by atoms with E-state index in [4.69, 9.17) is 0 Å². The predicted molar refractivity (Wildman–Crippen MR) is 55.4 cm³/mol. The van der Waals surface area contributed by atoms with Crippen molar-refractivity contribution in [2.45, 2.75) is 34.1 Å². The minimum atomic E-state index is 0.190. The molecular weight excluding hydrogens is 164 g/mol. The summed E-state index contributed by atoms with van der Waals surface area (Å²) in [5.74, 6) is 1.53. The molecule has 2 heteroatoms. The maximum atomic E-state index is 9.21. The van der Waals surface area contributed by atoms with E-state index < -0.39 is 0 Å². The van der Waals surface area contributed by atoms with Gasteiger partial charge in [0.25, 0.3) is 0 Å². The molecule has 2 N–H and O–H groups in total. The van der Waals surface area contributed by atoms with Crippen LogP contribution in [0.1, 0.15) is 34.1 Å². The number of rotatable bonds is 6. The Kier molecular flexibility index (Phi) is 6.35. The van der Waals surface area contributed by atoms with Gasteiger partial charge in [-0.05, 0) is 30.1 Å². The molecule has 2 unspecified atom stereocenters. The normalized spacial score (nSPS) is 16.6. The minimum Gasteiger partial charge on any atom is -0.396 e. The fourth-order valence-electron chi connectivity index (χ4n) is 1.89. The third-order valence-electron chi connectivity index (χ3n) is 2.68. The Hall–Kier alpha value is -0.0800. The number of aliphatic hydroxyl groups excluding tert-OH is 2. The number of hydrogen-bond donors (Lipinski definition) is 2. The highest BCUT2D eigenvalue weighted by Gasteiger charge is 2.23. The Morgan fingerprint density at radius 3 is 1.69 bits per heavy atom. The van der Waals surface area contributed by atoms with Crippen LogP contribution in [0, 0.1) is 23.7 Å². The van der Waals surface area contributed by atoms with Gasteiger partial charge in [0.2, 0.25) is 0 Å². The van der Waals surface area contributed by atoms with Crippen LogP contribution in [0.2, 0.25) is 0 Å². The van der Waals surface area contributed by atoms with E-state index in [2.05, 4.69) is 27.7 Å². The fourth-order valence-corrected chi connectivity index (χ4v) is 1.89. The van der Waals surface area contributed by atoms with Crippen molar-refractivity contribution in [3.63, 3.8) is 0 Å². The van der Waals surface area contributed by atoms with E-state index in [1.807, 2.05) is 0 Å². The lowest BCUT2D eigenvalue weighted by Crippen LogP contribution is -2.27. The topological polar surface area (TPSA) is 40.5 Å². The molecule has 0 spiro atoms. The maximum absolute atomic E-state index is 9.21. The third kappa shape index (κ3) is 4.63. The average molecular weight is 188 g/mol. The zero-order valence-corrected chi connectivity index (χ0v) is 9.33. The van der Waals surface area contributed by atoms with Gasteiger partial charge in [0, 0.05) is 13.2 Å². The van der Waals surface area contributed by atoms with Gasteiger partial charge in [-0.15, -0.1) is 0 Å². The monoisotopic (exact) mass is 188 g/mol. The highest BCUT2D eigenvalue weighted by atomic mass is 16.3. The van der Waals surface area contributed by atoms with Crippen molar-refractivity contribution < 1.29 is 10.2 Å². The Balaban J connectivity index is 4.16. The van der Waals surface area contributed by atoms with Gasteiger partial charge in [0.05, 0.1) is 0 Å². The minimum absolute atomic E-state index is 0.190. The maximum Gasteiger partial charge on any atom is 0.0465 e. The summed E-state index contributed by atoms with van der Waals surface area (Å²) in [6.45, 7) is 8.89. The van der Waals surface area contributed by atoms with Crippen molar-refractivity contribution in [3.8, 4) is 0 Å². The fraction of sp³-hybridized carbons (Fsp3) is 1.00. The Morgan fingerprint density at radius 1 is 0.923 bits per heavy atom. The van der Waals surface area contributed by atoms with Crippen LogP contribution in [-0.4, -0.2) is 23.4 Å². The van der Waals surface area contributed by atoms with Crippen LogP contribution in [0.3, 0.4) is 0 Å². The van der Waals surface area contributed by atoms with Crippen molar-refractivity contribution in [1.82, 2.24) is 0 Å². The molecule has 0 aliphatic heterocycles. The molecule has 2 atom stereocenters. The predicted octanol–water partition coefficient (Wildman–Crippen LogP) is 1.91. The van der Waals surface area contributed by atoms with Crippen LogP contribution in [0.15, 0.2) is 0 Å². The summed E-state index contributed by atoms with van der Waals surface area (Å²) in [4.78, 5) is 0. The van der Waals surface area contributed by atoms with Gasteiger partial charge in [-0.25, -0.2) is 0 Å². The Morgan fingerprint density at radius 2 is 1.46 bits per heavy atom. The van der Waals surface area contributed by atoms with E-state index in [1.54, 1.807) is 0 Å². The van der Waals surface area contributed by atoms with Gasteiger partial charge in [0.15, 0.2) is 0 Å². The van der Waals surface area contributed by atoms with Crippen molar-refractivity contribution in [3.05, 3.63) is 0 Å². The highest BCUT2D eigenvalue weighted by Crippen LogP contribution is 2.25. The molecule has 0 aromatic heterocycles. The zero-order valence-electron chi connectivity index (χ0n) is 9.33. The molecule has 0 rings (SSSR count). The van der Waals surface area contributed by atoms with Gasteiger partial charge in [-0.3, -0.25) is 0 Å². The molecule has 0 aromatic rings. The SMILES string of the molecule is CC(C)CC(CO)C(CO)C(C)C. The summed E-state index contributed by atoms with van der Waals surface area (Å²) in [5.41, 5.74) is 0. The van der Waals surface area contributed by atoms with Crippen molar-refractivity contribution in [2.24, 2.45) is 23.7 Å². The van der Waals surface area contributed by atoms with E-state index in [0.29, 0.717) is 11.8 Å². The largest absolute Gasteiger partial charge is 0.396 e. The summed E-state index contributed by atoms with van der Waals surface area (Å²) < 4.78 is 0. The summed E-state index contributed by atoms with van der Waals surface area (Å²) in [6, 6.07) is 0. The van der Waals surface area contributed by atoms with Gasteiger partial charge in [-0.2, -0.15) is 0 Å². The van der Waals surface area contributed by atoms with Crippen LogP contribution < -0.4 is 0 Å². The molecule has 0 saturated heterocycles. The van der Waals surface area contributed by atoms with Gasteiger partial charge < -0.3 is 10.2 Å². The first kappa shape index (κ1) is 12.9. The van der Waals surface area contributed by atoms with Crippen molar-refractivity contribution in [1.29, 1.82) is 0 Å². The first-order chi connectivity index (χ1) is 6.02. The van der Waals surface area contributed by atoms with Crippen molar-refractivity contribution >= 4 is 0 Å².